The summed E-state index contributed by atoms with van der Waals surface area (Å²) >= 11 is 0. The molecule has 4 rings (SSSR count). The van der Waals surface area contributed by atoms with Crippen LogP contribution in [-0.2, 0) is 14.4 Å². The van der Waals surface area contributed by atoms with E-state index in [-0.39, 0.29) is 43.3 Å². The highest BCUT2D eigenvalue weighted by atomic mass is 16.5. The fourth-order valence-electron chi connectivity index (χ4n) is 5.35. The Kier molecular flexibility index (Phi) is 7.93. The van der Waals surface area contributed by atoms with Crippen LogP contribution in [0.4, 0.5) is 4.79 Å². The third-order valence-corrected chi connectivity index (χ3v) is 7.36. The molecule has 35 heavy (non-hydrogen) atoms. The Bertz CT molecular complexity index is 953. The molecule has 0 aromatic heterocycles. The zero-order chi connectivity index (χ0) is 24.8. The molecule has 1 spiro atoms. The molecule has 1 saturated carbocycles. The van der Waals surface area contributed by atoms with Gasteiger partial charge in [0.2, 0.25) is 5.91 Å². The molecule has 3 fully saturated rings. The highest BCUT2D eigenvalue weighted by Gasteiger charge is 2.51. The van der Waals surface area contributed by atoms with E-state index in [2.05, 4.69) is 10.6 Å². The number of likely N-dealkylation sites (tertiary alicyclic amines) is 1. The second-order valence-corrected chi connectivity index (χ2v) is 9.72. The van der Waals surface area contributed by atoms with Gasteiger partial charge in [0.15, 0.2) is 6.61 Å². The standard InChI is InChI=1S/C26H36N4O5/c1-2-20(19-10-4-5-11-21(19)35-18-23(32)29-15-8-9-16-29)27-22(31)12-17-30-24(33)26(28-25(30)34)13-6-3-7-14-26/h4-5,10-11,20H,2-3,6-9,12-18H2,1H3,(H,27,31)(H,28,34). The van der Waals surface area contributed by atoms with E-state index in [1.165, 1.54) is 4.90 Å². The van der Waals surface area contributed by atoms with Crippen molar-refractivity contribution >= 4 is 23.8 Å². The van der Waals surface area contributed by atoms with Crippen molar-refractivity contribution in [2.24, 2.45) is 0 Å². The van der Waals surface area contributed by atoms with E-state index < -0.39 is 11.6 Å². The first-order valence-corrected chi connectivity index (χ1v) is 12.9. The van der Waals surface area contributed by atoms with Gasteiger partial charge < -0.3 is 20.3 Å². The van der Waals surface area contributed by atoms with Crippen molar-refractivity contribution in [3.8, 4) is 5.75 Å². The molecule has 1 aliphatic carbocycles. The summed E-state index contributed by atoms with van der Waals surface area (Å²) in [6, 6.07) is 6.68. The number of carbonyl (C=O) groups excluding carboxylic acids is 4. The van der Waals surface area contributed by atoms with Crippen LogP contribution in [0.25, 0.3) is 0 Å². The summed E-state index contributed by atoms with van der Waals surface area (Å²) in [5.41, 5.74) is 0.0225. The molecule has 2 N–H and O–H groups in total. The van der Waals surface area contributed by atoms with E-state index in [1.54, 1.807) is 6.07 Å². The van der Waals surface area contributed by atoms with E-state index in [4.69, 9.17) is 4.74 Å². The molecule has 1 unspecified atom stereocenters. The number of amides is 5. The highest BCUT2D eigenvalue weighted by molar-refractivity contribution is 6.07. The van der Waals surface area contributed by atoms with Crippen LogP contribution in [0, 0.1) is 0 Å². The molecule has 190 valence electrons. The summed E-state index contributed by atoms with van der Waals surface area (Å²) in [6.45, 7) is 3.53. The maximum Gasteiger partial charge on any atom is 0.325 e. The first kappa shape index (κ1) is 25.0. The monoisotopic (exact) mass is 484 g/mol. The number of imide groups is 1. The van der Waals surface area contributed by atoms with Crippen molar-refractivity contribution in [1.29, 1.82) is 0 Å². The molecule has 1 aromatic rings. The van der Waals surface area contributed by atoms with Gasteiger partial charge in [-0.15, -0.1) is 0 Å². The van der Waals surface area contributed by atoms with Crippen LogP contribution in [0.5, 0.6) is 5.75 Å². The van der Waals surface area contributed by atoms with Gasteiger partial charge in [0.1, 0.15) is 11.3 Å². The van der Waals surface area contributed by atoms with E-state index in [0.717, 1.165) is 50.8 Å². The van der Waals surface area contributed by atoms with Gasteiger partial charge in [-0.2, -0.15) is 0 Å². The van der Waals surface area contributed by atoms with Crippen molar-refractivity contribution in [3.05, 3.63) is 29.8 Å². The van der Waals surface area contributed by atoms with Crippen molar-refractivity contribution < 1.29 is 23.9 Å². The largest absolute Gasteiger partial charge is 0.483 e. The Morgan fingerprint density at radius 3 is 2.51 bits per heavy atom. The summed E-state index contributed by atoms with van der Waals surface area (Å²) in [6.07, 6.45) is 6.94. The van der Waals surface area contributed by atoms with Gasteiger partial charge in [-0.05, 0) is 38.2 Å². The smallest absolute Gasteiger partial charge is 0.325 e. The molecule has 2 heterocycles. The quantitative estimate of drug-likeness (QED) is 0.524. The highest BCUT2D eigenvalue weighted by Crippen LogP contribution is 2.34. The Labute approximate surface area is 206 Å². The number of carbonyl (C=O) groups is 4. The molecule has 2 aliphatic heterocycles. The molecule has 1 atom stereocenters. The summed E-state index contributed by atoms with van der Waals surface area (Å²) in [7, 11) is 0. The summed E-state index contributed by atoms with van der Waals surface area (Å²) < 4.78 is 5.86. The zero-order valence-corrected chi connectivity index (χ0v) is 20.5. The van der Waals surface area contributed by atoms with E-state index in [9.17, 15) is 19.2 Å². The van der Waals surface area contributed by atoms with Crippen LogP contribution in [0.1, 0.15) is 76.3 Å². The predicted molar refractivity (Wildman–Crippen MR) is 130 cm³/mol. The number of hydrogen-bond donors (Lipinski definition) is 2. The minimum absolute atomic E-state index is 0.0290. The SMILES string of the molecule is CCC(NC(=O)CCN1C(=O)NC2(CCCCC2)C1=O)c1ccccc1OCC(=O)N1CCCC1. The second kappa shape index (κ2) is 11.1. The molecule has 5 amide bonds. The first-order chi connectivity index (χ1) is 16.9. The van der Waals surface area contributed by atoms with E-state index in [1.807, 2.05) is 30.0 Å². The molecular formula is C26H36N4O5. The fourth-order valence-corrected chi connectivity index (χ4v) is 5.35. The van der Waals surface area contributed by atoms with Gasteiger partial charge in [-0.25, -0.2) is 4.79 Å². The van der Waals surface area contributed by atoms with Gasteiger partial charge in [-0.1, -0.05) is 44.4 Å². The van der Waals surface area contributed by atoms with Crippen LogP contribution in [0.3, 0.4) is 0 Å². The topological polar surface area (TPSA) is 108 Å². The minimum Gasteiger partial charge on any atom is -0.483 e. The molecule has 3 aliphatic rings. The Hall–Kier alpha value is -3.10. The first-order valence-electron chi connectivity index (χ1n) is 12.9. The maximum absolute atomic E-state index is 12.9. The number of benzene rings is 1. The van der Waals surface area contributed by atoms with Crippen LogP contribution in [0.2, 0.25) is 0 Å². The van der Waals surface area contributed by atoms with Crippen LogP contribution in [-0.4, -0.2) is 65.3 Å². The van der Waals surface area contributed by atoms with Crippen LogP contribution < -0.4 is 15.4 Å². The maximum atomic E-state index is 12.9. The van der Waals surface area contributed by atoms with Gasteiger partial charge in [0.05, 0.1) is 6.04 Å². The molecule has 1 aromatic carbocycles. The number of ether oxygens (including phenoxy) is 1. The lowest BCUT2D eigenvalue weighted by molar-refractivity contribution is -0.133. The molecule has 2 saturated heterocycles. The van der Waals surface area contributed by atoms with Crippen LogP contribution in [0.15, 0.2) is 24.3 Å². The zero-order valence-electron chi connectivity index (χ0n) is 20.5. The molecule has 0 bridgehead atoms. The summed E-state index contributed by atoms with van der Waals surface area (Å²) in [5.74, 6) is 0.0904. The molecule has 9 heteroatoms. The Balaban J connectivity index is 1.33. The van der Waals surface area contributed by atoms with Crippen molar-refractivity contribution in [2.45, 2.75) is 76.3 Å². The predicted octanol–water partition coefficient (Wildman–Crippen LogP) is 2.90. The summed E-state index contributed by atoms with van der Waals surface area (Å²) in [4.78, 5) is 53.6. The van der Waals surface area contributed by atoms with Gasteiger partial charge in [-0.3, -0.25) is 19.3 Å². The third kappa shape index (κ3) is 5.60. The van der Waals surface area contributed by atoms with Gasteiger partial charge in [0.25, 0.3) is 11.8 Å². The number of rotatable bonds is 9. The Morgan fingerprint density at radius 1 is 1.09 bits per heavy atom. The Morgan fingerprint density at radius 2 is 1.80 bits per heavy atom. The fraction of sp³-hybridized carbons (Fsp3) is 0.615. The normalized spacial score (nSPS) is 20.1. The number of nitrogens with one attached hydrogen (secondary N) is 2. The number of nitrogens with zero attached hydrogens (tertiary/aromatic N) is 2. The lowest BCUT2D eigenvalue weighted by Gasteiger charge is -2.30. The van der Waals surface area contributed by atoms with Crippen LogP contribution >= 0.6 is 0 Å². The average Bonchev–Trinajstić information content (AvgIpc) is 3.48. The third-order valence-electron chi connectivity index (χ3n) is 7.36. The van der Waals surface area contributed by atoms with Crippen molar-refractivity contribution in [2.75, 3.05) is 26.2 Å². The van der Waals surface area contributed by atoms with Crippen molar-refractivity contribution in [3.63, 3.8) is 0 Å². The number of hydrogen-bond acceptors (Lipinski definition) is 5. The van der Waals surface area contributed by atoms with Gasteiger partial charge in [0, 0.05) is 31.6 Å². The average molecular weight is 485 g/mol. The van der Waals surface area contributed by atoms with Gasteiger partial charge >= 0.3 is 6.03 Å². The number of para-hydroxylation sites is 1. The minimum atomic E-state index is -0.777. The van der Waals surface area contributed by atoms with E-state index in [0.29, 0.717) is 25.0 Å². The molecule has 0 radical (unpaired) electrons. The van der Waals surface area contributed by atoms with E-state index >= 15 is 0 Å². The molecule has 9 nitrogen and oxygen atoms in total. The second-order valence-electron chi connectivity index (χ2n) is 9.72. The lowest BCUT2D eigenvalue weighted by atomic mass is 9.82. The lowest BCUT2D eigenvalue weighted by Crippen LogP contribution is -2.48. The number of urea groups is 1. The summed E-state index contributed by atoms with van der Waals surface area (Å²) in [5, 5.41) is 5.89. The van der Waals surface area contributed by atoms with Crippen molar-refractivity contribution in [1.82, 2.24) is 20.4 Å². The molecular weight excluding hydrogens is 448 g/mol.